The number of carbonyl (C=O) groups is 1. The smallest absolute Gasteiger partial charge is 0.227 e. The molecule has 0 bridgehead atoms. The average molecular weight is 566 g/mol. The van der Waals surface area contributed by atoms with Crippen LogP contribution in [0, 0.1) is 6.92 Å². The fraction of sp³-hybridized carbons (Fsp3) is 0.458. The van der Waals surface area contributed by atoms with Crippen LogP contribution >= 0.6 is 24.0 Å². The van der Waals surface area contributed by atoms with Crippen molar-refractivity contribution in [1.29, 1.82) is 0 Å². The van der Waals surface area contributed by atoms with Gasteiger partial charge in [-0.05, 0) is 62.2 Å². The van der Waals surface area contributed by atoms with Crippen LogP contribution < -0.4 is 20.7 Å². The molecule has 33 heavy (non-hydrogen) atoms. The number of aliphatic imine (C=N–C) groups is 1. The van der Waals surface area contributed by atoms with Crippen molar-refractivity contribution >= 4 is 41.7 Å². The summed E-state index contributed by atoms with van der Waals surface area (Å²) >= 11 is 0. The topological polar surface area (TPSA) is 90.9 Å². The molecule has 1 saturated heterocycles. The maximum Gasteiger partial charge on any atom is 0.227 e. The third kappa shape index (κ3) is 8.47. The fourth-order valence-corrected chi connectivity index (χ4v) is 3.79. The van der Waals surface area contributed by atoms with Crippen molar-refractivity contribution in [2.24, 2.45) is 4.99 Å². The van der Waals surface area contributed by atoms with E-state index in [1.807, 2.05) is 25.1 Å². The number of aryl methyl sites for hydroxylation is 1. The largest absolute Gasteiger partial charge is 0.497 e. The number of nitrogens with zero attached hydrogens (tertiary/aromatic N) is 3. The van der Waals surface area contributed by atoms with Crippen LogP contribution in [0.1, 0.15) is 36.4 Å². The van der Waals surface area contributed by atoms with Gasteiger partial charge in [-0.25, -0.2) is 4.98 Å². The lowest BCUT2D eigenvalue weighted by atomic mass is 10.1. The molecule has 1 aromatic heterocycles. The first-order valence-corrected chi connectivity index (χ1v) is 11.1. The maximum atomic E-state index is 12.2. The molecule has 1 atom stereocenters. The molecule has 180 valence electrons. The van der Waals surface area contributed by atoms with E-state index in [9.17, 15) is 4.79 Å². The van der Waals surface area contributed by atoms with Gasteiger partial charge in [0.25, 0.3) is 0 Å². The zero-order valence-corrected chi connectivity index (χ0v) is 22.0. The van der Waals surface area contributed by atoms with E-state index >= 15 is 0 Å². The van der Waals surface area contributed by atoms with Crippen LogP contribution in [-0.4, -0.2) is 62.1 Å². The van der Waals surface area contributed by atoms with Crippen molar-refractivity contribution in [1.82, 2.24) is 20.5 Å². The minimum atomic E-state index is -0.0857. The van der Waals surface area contributed by atoms with E-state index in [1.165, 1.54) is 18.4 Å². The highest BCUT2D eigenvalue weighted by molar-refractivity contribution is 14.0. The Hall–Kier alpha value is -2.40. The molecule has 1 aromatic carbocycles. The first kappa shape index (κ1) is 26.8. The van der Waals surface area contributed by atoms with E-state index in [1.54, 1.807) is 26.4 Å². The second-order valence-electron chi connectivity index (χ2n) is 7.93. The van der Waals surface area contributed by atoms with Crippen LogP contribution in [0.25, 0.3) is 0 Å². The maximum absolute atomic E-state index is 12.2. The number of amides is 1. The number of anilines is 1. The molecule has 0 spiro atoms. The summed E-state index contributed by atoms with van der Waals surface area (Å²) in [6.45, 7) is 5.36. The van der Waals surface area contributed by atoms with Crippen molar-refractivity contribution in [2.45, 2.75) is 32.2 Å². The Morgan fingerprint density at radius 3 is 2.48 bits per heavy atom. The molecule has 0 radical (unpaired) electrons. The van der Waals surface area contributed by atoms with Crippen molar-refractivity contribution in [3.05, 3.63) is 53.7 Å². The first-order valence-electron chi connectivity index (χ1n) is 11.1. The Balaban J connectivity index is 0.00000385. The molecule has 1 aliphatic rings. The minimum Gasteiger partial charge on any atom is -0.497 e. The van der Waals surface area contributed by atoms with Crippen LogP contribution in [0.15, 0.2) is 47.6 Å². The standard InChI is InChI=1S/C24H34N6O2.HI/c1-18-6-11-22(27-16-18)29-23(31)12-13-26-24(25-2)28-17-21(30-14-4-5-15-30)19-7-9-20(32-3)10-8-19;/h6-11,16,21H,4-5,12-15,17H2,1-3H3,(H2,25,26,28)(H,27,29,31);1H. The number of rotatable bonds is 9. The van der Waals surface area contributed by atoms with E-state index in [2.05, 4.69) is 43.0 Å². The highest BCUT2D eigenvalue weighted by Gasteiger charge is 2.23. The van der Waals surface area contributed by atoms with E-state index in [4.69, 9.17) is 4.74 Å². The van der Waals surface area contributed by atoms with E-state index < -0.39 is 0 Å². The Kier molecular flexibility index (Phi) is 11.4. The second-order valence-corrected chi connectivity index (χ2v) is 7.93. The number of hydrogen-bond acceptors (Lipinski definition) is 5. The third-order valence-corrected chi connectivity index (χ3v) is 5.59. The predicted molar refractivity (Wildman–Crippen MR) is 144 cm³/mol. The number of likely N-dealkylation sites (tertiary alicyclic amines) is 1. The highest BCUT2D eigenvalue weighted by atomic mass is 127. The molecular weight excluding hydrogens is 531 g/mol. The lowest BCUT2D eigenvalue weighted by Gasteiger charge is -2.29. The SMILES string of the molecule is CN=C(NCCC(=O)Nc1ccc(C)cn1)NCC(c1ccc(OC)cc1)N1CCCC1.I. The quantitative estimate of drug-likeness (QED) is 0.245. The van der Waals surface area contributed by atoms with Gasteiger partial charge >= 0.3 is 0 Å². The number of nitrogens with one attached hydrogen (secondary N) is 3. The molecule has 2 aromatic rings. The molecule has 0 aliphatic carbocycles. The minimum absolute atomic E-state index is 0. The molecule has 3 rings (SSSR count). The van der Waals surface area contributed by atoms with Crippen LogP contribution in [0.4, 0.5) is 5.82 Å². The average Bonchev–Trinajstić information content (AvgIpc) is 3.34. The van der Waals surface area contributed by atoms with E-state index in [0.717, 1.165) is 30.9 Å². The lowest BCUT2D eigenvalue weighted by molar-refractivity contribution is -0.116. The summed E-state index contributed by atoms with van der Waals surface area (Å²) in [4.78, 5) is 23.2. The van der Waals surface area contributed by atoms with Gasteiger partial charge in [-0.3, -0.25) is 14.7 Å². The van der Waals surface area contributed by atoms with Gasteiger partial charge in [0.1, 0.15) is 11.6 Å². The fourth-order valence-electron chi connectivity index (χ4n) is 3.79. The Morgan fingerprint density at radius 1 is 1.15 bits per heavy atom. The molecule has 2 heterocycles. The zero-order valence-electron chi connectivity index (χ0n) is 19.6. The summed E-state index contributed by atoms with van der Waals surface area (Å²) in [6.07, 6.45) is 4.51. The molecule has 9 heteroatoms. The second kappa shape index (κ2) is 14.0. The van der Waals surface area contributed by atoms with Crippen molar-refractivity contribution in [3.63, 3.8) is 0 Å². The van der Waals surface area contributed by atoms with Gasteiger partial charge in [0.15, 0.2) is 5.96 Å². The predicted octanol–water partition coefficient (Wildman–Crippen LogP) is 3.35. The number of guanidine groups is 1. The summed E-state index contributed by atoms with van der Waals surface area (Å²) in [6, 6.07) is 12.2. The number of benzene rings is 1. The van der Waals surface area contributed by atoms with Crippen LogP contribution in [0.5, 0.6) is 5.75 Å². The number of halogens is 1. The van der Waals surface area contributed by atoms with E-state index in [-0.39, 0.29) is 35.9 Å². The van der Waals surface area contributed by atoms with Gasteiger partial charge < -0.3 is 20.7 Å². The third-order valence-electron chi connectivity index (χ3n) is 5.59. The van der Waals surface area contributed by atoms with Gasteiger partial charge in [0, 0.05) is 32.8 Å². The van der Waals surface area contributed by atoms with E-state index in [0.29, 0.717) is 24.7 Å². The summed E-state index contributed by atoms with van der Waals surface area (Å²) < 4.78 is 5.30. The number of pyridine rings is 1. The van der Waals surface area contributed by atoms with Crippen LogP contribution in [0.2, 0.25) is 0 Å². The Labute approximate surface area is 213 Å². The van der Waals surface area contributed by atoms with Gasteiger partial charge in [0.05, 0.1) is 13.2 Å². The first-order chi connectivity index (χ1) is 15.6. The molecule has 1 unspecified atom stereocenters. The van der Waals surface area contributed by atoms with Crippen molar-refractivity contribution < 1.29 is 9.53 Å². The lowest BCUT2D eigenvalue weighted by Crippen LogP contribution is -2.43. The molecule has 0 saturated carbocycles. The molecular formula is C24H35IN6O2. The van der Waals surface area contributed by atoms with Crippen molar-refractivity contribution in [3.8, 4) is 5.75 Å². The highest BCUT2D eigenvalue weighted by Crippen LogP contribution is 2.26. The zero-order chi connectivity index (χ0) is 22.8. The number of carbonyl (C=O) groups excluding carboxylic acids is 1. The molecule has 1 amide bonds. The monoisotopic (exact) mass is 566 g/mol. The number of methoxy groups -OCH3 is 1. The summed E-state index contributed by atoms with van der Waals surface area (Å²) in [5, 5.41) is 9.47. The molecule has 1 aliphatic heterocycles. The summed E-state index contributed by atoms with van der Waals surface area (Å²) in [5.41, 5.74) is 2.31. The summed E-state index contributed by atoms with van der Waals surface area (Å²) in [5.74, 6) is 2.02. The van der Waals surface area contributed by atoms with Gasteiger partial charge in [-0.15, -0.1) is 24.0 Å². The van der Waals surface area contributed by atoms with Gasteiger partial charge in [-0.1, -0.05) is 18.2 Å². The number of aromatic nitrogens is 1. The van der Waals surface area contributed by atoms with Gasteiger partial charge in [0.2, 0.25) is 5.91 Å². The number of hydrogen-bond donors (Lipinski definition) is 3. The number of ether oxygens (including phenoxy) is 1. The Bertz CT molecular complexity index is 883. The van der Waals surface area contributed by atoms with Crippen LogP contribution in [0.3, 0.4) is 0 Å². The van der Waals surface area contributed by atoms with Crippen molar-refractivity contribution in [2.75, 3.05) is 45.7 Å². The van der Waals surface area contributed by atoms with Gasteiger partial charge in [-0.2, -0.15) is 0 Å². The molecule has 8 nitrogen and oxygen atoms in total. The summed E-state index contributed by atoms with van der Waals surface area (Å²) in [7, 11) is 3.42. The normalized spacial score (nSPS) is 14.8. The molecule has 1 fully saturated rings. The Morgan fingerprint density at radius 2 is 1.88 bits per heavy atom. The van der Waals surface area contributed by atoms with Crippen LogP contribution in [-0.2, 0) is 4.79 Å². The molecule has 3 N–H and O–H groups in total.